The van der Waals surface area contributed by atoms with Crippen LogP contribution in [0.2, 0.25) is 0 Å². The van der Waals surface area contributed by atoms with Gasteiger partial charge in [0, 0.05) is 12.1 Å². The predicted molar refractivity (Wildman–Crippen MR) is 132 cm³/mol. The van der Waals surface area contributed by atoms with Crippen molar-refractivity contribution < 1.29 is 4.52 Å². The highest BCUT2D eigenvalue weighted by atomic mass is 32.2. The fourth-order valence-electron chi connectivity index (χ4n) is 3.82. The largest absolute Gasteiger partial charge is 0.338 e. The van der Waals surface area contributed by atoms with Gasteiger partial charge in [-0.1, -0.05) is 67.2 Å². The van der Waals surface area contributed by atoms with Crippen LogP contribution in [0.4, 0.5) is 0 Å². The van der Waals surface area contributed by atoms with Crippen molar-refractivity contribution in [1.82, 2.24) is 24.6 Å². The number of aryl methyl sites for hydroxylation is 1. The number of nitrogens with zero attached hydrogens (tertiary/aromatic N) is 5. The molecule has 0 amide bonds. The summed E-state index contributed by atoms with van der Waals surface area (Å²) in [5, 5.41) is 5.46. The lowest BCUT2D eigenvalue weighted by atomic mass is 10.1. The maximum atomic E-state index is 13.2. The van der Waals surface area contributed by atoms with Crippen LogP contribution in [0, 0.1) is 6.92 Å². The van der Waals surface area contributed by atoms with Crippen molar-refractivity contribution >= 4 is 22.7 Å². The maximum Gasteiger partial charge on any atom is 0.262 e. The number of aromatic nitrogens is 4. The van der Waals surface area contributed by atoms with E-state index in [0.717, 1.165) is 37.2 Å². The van der Waals surface area contributed by atoms with Crippen molar-refractivity contribution in [1.29, 1.82) is 0 Å². The molecule has 33 heavy (non-hydrogen) atoms. The van der Waals surface area contributed by atoms with Crippen LogP contribution in [-0.4, -0.2) is 44.2 Å². The van der Waals surface area contributed by atoms with Gasteiger partial charge in [-0.05, 0) is 50.7 Å². The van der Waals surface area contributed by atoms with Gasteiger partial charge in [-0.25, -0.2) is 4.98 Å². The number of thioether (sulfide) groups is 1. The molecule has 7 nitrogen and oxygen atoms in total. The first-order valence-electron chi connectivity index (χ1n) is 11.3. The summed E-state index contributed by atoms with van der Waals surface area (Å²) < 4.78 is 7.28. The van der Waals surface area contributed by atoms with Crippen LogP contribution in [0.5, 0.6) is 0 Å². The summed E-state index contributed by atoms with van der Waals surface area (Å²) in [5.74, 6) is 1.53. The molecule has 0 saturated heterocycles. The van der Waals surface area contributed by atoms with Crippen LogP contribution in [0.15, 0.2) is 63.0 Å². The van der Waals surface area contributed by atoms with Crippen LogP contribution in [0.25, 0.3) is 22.3 Å². The molecule has 2 heterocycles. The zero-order valence-corrected chi connectivity index (χ0v) is 20.1. The Labute approximate surface area is 197 Å². The van der Waals surface area contributed by atoms with Crippen LogP contribution in [0.1, 0.15) is 31.7 Å². The molecular formula is C25H29N5O2S. The fourth-order valence-corrected chi connectivity index (χ4v) is 4.68. The van der Waals surface area contributed by atoms with Gasteiger partial charge in [-0.3, -0.25) is 9.36 Å². The molecule has 0 N–H and O–H groups in total. The van der Waals surface area contributed by atoms with Gasteiger partial charge < -0.3 is 9.42 Å². The average molecular weight is 464 g/mol. The Bertz CT molecular complexity index is 1280. The minimum atomic E-state index is -0.00576. The molecular weight excluding hydrogens is 434 g/mol. The summed E-state index contributed by atoms with van der Waals surface area (Å²) in [5.41, 5.74) is 2.75. The Balaban J connectivity index is 1.56. The summed E-state index contributed by atoms with van der Waals surface area (Å²) >= 11 is 1.45. The second-order valence-corrected chi connectivity index (χ2v) is 8.81. The third-order valence-corrected chi connectivity index (χ3v) is 6.72. The Morgan fingerprint density at radius 2 is 1.79 bits per heavy atom. The molecule has 0 aliphatic carbocycles. The van der Waals surface area contributed by atoms with Gasteiger partial charge >= 0.3 is 0 Å². The molecule has 0 unspecified atom stereocenters. The van der Waals surface area contributed by atoms with Crippen LogP contribution < -0.4 is 5.56 Å². The number of rotatable bonds is 10. The van der Waals surface area contributed by atoms with Gasteiger partial charge in [0.1, 0.15) is 0 Å². The lowest BCUT2D eigenvalue weighted by Crippen LogP contribution is -2.28. The molecule has 0 atom stereocenters. The Morgan fingerprint density at radius 3 is 2.58 bits per heavy atom. The average Bonchev–Trinajstić information content (AvgIpc) is 3.31. The molecule has 4 rings (SSSR count). The zero-order chi connectivity index (χ0) is 23.2. The summed E-state index contributed by atoms with van der Waals surface area (Å²) in [6, 6.07) is 15.5. The van der Waals surface area contributed by atoms with Crippen molar-refractivity contribution in [2.24, 2.45) is 0 Å². The van der Waals surface area contributed by atoms with Gasteiger partial charge in [0.25, 0.3) is 5.56 Å². The van der Waals surface area contributed by atoms with Crippen molar-refractivity contribution in [2.75, 3.05) is 19.6 Å². The third-order valence-electron chi connectivity index (χ3n) is 5.76. The lowest BCUT2D eigenvalue weighted by Gasteiger charge is -2.19. The number of benzene rings is 2. The van der Waals surface area contributed by atoms with E-state index >= 15 is 0 Å². The molecule has 0 radical (unpaired) electrons. The highest BCUT2D eigenvalue weighted by Crippen LogP contribution is 2.24. The van der Waals surface area contributed by atoms with E-state index in [9.17, 15) is 4.79 Å². The normalized spacial score (nSPS) is 11.5. The monoisotopic (exact) mass is 463 g/mol. The first-order chi connectivity index (χ1) is 16.1. The number of para-hydroxylation sites is 1. The smallest absolute Gasteiger partial charge is 0.262 e. The van der Waals surface area contributed by atoms with Crippen molar-refractivity contribution in [3.8, 4) is 11.4 Å². The molecule has 0 aliphatic heterocycles. The number of hydrogen-bond acceptors (Lipinski definition) is 7. The summed E-state index contributed by atoms with van der Waals surface area (Å²) in [6.45, 7) is 9.91. The van der Waals surface area contributed by atoms with Crippen LogP contribution in [-0.2, 0) is 12.3 Å². The van der Waals surface area contributed by atoms with Crippen molar-refractivity contribution in [3.05, 3.63) is 70.3 Å². The van der Waals surface area contributed by atoms with Crippen molar-refractivity contribution in [2.45, 2.75) is 44.6 Å². The standard InChI is InChI=1S/C25H29N5O2S/c1-4-29(5-2)15-10-16-30-24(31)20-13-8-9-14-21(20)26-25(30)33-17-22-27-23(28-32-22)19-12-7-6-11-18(19)3/h6-9,11-14H,4-5,10,15-17H2,1-3H3. The molecule has 8 heteroatoms. The molecule has 2 aromatic carbocycles. The van der Waals surface area contributed by atoms with Gasteiger partial charge in [-0.2, -0.15) is 4.98 Å². The van der Waals surface area contributed by atoms with E-state index in [2.05, 4.69) is 28.9 Å². The Kier molecular flexibility index (Phi) is 7.57. The topological polar surface area (TPSA) is 77.1 Å². The molecule has 4 aromatic rings. The summed E-state index contributed by atoms with van der Waals surface area (Å²) in [7, 11) is 0. The van der Waals surface area contributed by atoms with Gasteiger partial charge in [0.15, 0.2) is 5.16 Å². The Morgan fingerprint density at radius 1 is 1.03 bits per heavy atom. The van der Waals surface area contributed by atoms with Crippen LogP contribution in [0.3, 0.4) is 0 Å². The molecule has 172 valence electrons. The van der Waals surface area contributed by atoms with E-state index in [1.54, 1.807) is 4.57 Å². The SMILES string of the molecule is CCN(CC)CCCn1c(SCc2nc(-c3ccccc3C)no2)nc2ccccc2c1=O. The molecule has 0 saturated carbocycles. The molecule has 0 aliphatic rings. The third kappa shape index (κ3) is 5.34. The first-order valence-corrected chi connectivity index (χ1v) is 12.3. The lowest BCUT2D eigenvalue weighted by molar-refractivity contribution is 0.290. The van der Waals surface area contributed by atoms with Crippen molar-refractivity contribution in [3.63, 3.8) is 0 Å². The number of fused-ring (bicyclic) bond motifs is 1. The molecule has 2 aromatic heterocycles. The van der Waals surface area contributed by atoms with E-state index in [4.69, 9.17) is 9.51 Å². The van der Waals surface area contributed by atoms with Gasteiger partial charge in [-0.15, -0.1) is 0 Å². The van der Waals surface area contributed by atoms with Gasteiger partial charge in [0.05, 0.1) is 16.7 Å². The minimum Gasteiger partial charge on any atom is -0.338 e. The first kappa shape index (κ1) is 23.2. The van der Waals surface area contributed by atoms with Gasteiger partial charge in [0.2, 0.25) is 11.7 Å². The highest BCUT2D eigenvalue weighted by Gasteiger charge is 2.15. The second-order valence-electron chi connectivity index (χ2n) is 7.86. The van der Waals surface area contributed by atoms with E-state index in [1.165, 1.54) is 11.8 Å². The predicted octanol–water partition coefficient (Wildman–Crippen LogP) is 4.78. The highest BCUT2D eigenvalue weighted by molar-refractivity contribution is 7.98. The van der Waals surface area contributed by atoms with E-state index < -0.39 is 0 Å². The number of hydrogen-bond donors (Lipinski definition) is 0. The van der Waals surface area contributed by atoms with E-state index in [0.29, 0.717) is 40.1 Å². The Hall–Kier alpha value is -2.97. The zero-order valence-electron chi connectivity index (χ0n) is 19.3. The van der Waals surface area contributed by atoms with Crippen LogP contribution >= 0.6 is 11.8 Å². The minimum absolute atomic E-state index is 0.00576. The molecule has 0 spiro atoms. The maximum absolute atomic E-state index is 13.2. The second kappa shape index (κ2) is 10.8. The molecule has 0 bridgehead atoms. The van der Waals surface area contributed by atoms with E-state index in [-0.39, 0.29) is 5.56 Å². The quantitative estimate of drug-likeness (QED) is 0.247. The summed E-state index contributed by atoms with van der Waals surface area (Å²) in [6.07, 6.45) is 0.882. The van der Waals surface area contributed by atoms with E-state index in [1.807, 2.05) is 55.5 Å². The summed E-state index contributed by atoms with van der Waals surface area (Å²) in [4.78, 5) is 25.0. The fraction of sp³-hybridized carbons (Fsp3) is 0.360. The molecule has 0 fully saturated rings.